The van der Waals surface area contributed by atoms with Crippen molar-refractivity contribution in [1.29, 1.82) is 0 Å². The Kier molecular flexibility index (Phi) is 4.79. The molecule has 0 amide bonds. The summed E-state index contributed by atoms with van der Waals surface area (Å²) >= 11 is 0. The molecule has 0 fully saturated rings. The standard InChI is InChI=1S/C23H22N2O2/c1-17-8-3-4-11-20(17)23-24-21-12-5-6-13-22(21)25(23)14-15-27-19-10-7-9-18(16-19)26-2/h3-13,16H,14-15H2,1-2H3. The van der Waals surface area contributed by atoms with Crippen LogP contribution in [0.5, 0.6) is 11.5 Å². The van der Waals surface area contributed by atoms with Crippen molar-refractivity contribution >= 4 is 11.0 Å². The SMILES string of the molecule is COc1cccc(OCCn2c(-c3ccccc3C)nc3ccccc32)c1. The number of rotatable bonds is 6. The normalized spacial score (nSPS) is 10.9. The Morgan fingerprint density at radius 1 is 0.889 bits per heavy atom. The number of benzene rings is 3. The van der Waals surface area contributed by atoms with Crippen molar-refractivity contribution in [3.8, 4) is 22.9 Å². The molecule has 136 valence electrons. The van der Waals surface area contributed by atoms with Gasteiger partial charge in [0.15, 0.2) is 0 Å². The second-order valence-corrected chi connectivity index (χ2v) is 6.42. The Labute approximate surface area is 159 Å². The summed E-state index contributed by atoms with van der Waals surface area (Å²) in [4.78, 5) is 4.88. The molecule has 0 atom stereocenters. The highest BCUT2D eigenvalue weighted by Gasteiger charge is 2.13. The number of methoxy groups -OCH3 is 1. The molecule has 0 aliphatic heterocycles. The van der Waals surface area contributed by atoms with Gasteiger partial charge in [-0.2, -0.15) is 0 Å². The van der Waals surface area contributed by atoms with E-state index in [-0.39, 0.29) is 0 Å². The minimum atomic E-state index is 0.548. The number of para-hydroxylation sites is 2. The van der Waals surface area contributed by atoms with Crippen LogP contribution < -0.4 is 9.47 Å². The van der Waals surface area contributed by atoms with E-state index in [1.165, 1.54) is 5.56 Å². The van der Waals surface area contributed by atoms with Crippen LogP contribution in [0.3, 0.4) is 0 Å². The van der Waals surface area contributed by atoms with Crippen LogP contribution in [0.25, 0.3) is 22.4 Å². The van der Waals surface area contributed by atoms with Gasteiger partial charge in [0.05, 0.1) is 24.7 Å². The van der Waals surface area contributed by atoms with E-state index in [2.05, 4.69) is 47.9 Å². The zero-order valence-electron chi connectivity index (χ0n) is 15.6. The summed E-state index contributed by atoms with van der Waals surface area (Å²) in [5.41, 5.74) is 4.47. The van der Waals surface area contributed by atoms with Crippen molar-refractivity contribution in [3.05, 3.63) is 78.4 Å². The molecule has 4 rings (SSSR count). The first-order valence-electron chi connectivity index (χ1n) is 9.04. The fourth-order valence-corrected chi connectivity index (χ4v) is 3.28. The van der Waals surface area contributed by atoms with Crippen LogP contribution in [0.15, 0.2) is 72.8 Å². The summed E-state index contributed by atoms with van der Waals surface area (Å²) in [6.45, 7) is 3.37. The van der Waals surface area contributed by atoms with Crippen LogP contribution in [0.1, 0.15) is 5.56 Å². The first-order chi connectivity index (χ1) is 13.3. The van der Waals surface area contributed by atoms with Crippen LogP contribution in [-0.4, -0.2) is 23.3 Å². The third-order valence-corrected chi connectivity index (χ3v) is 4.67. The Balaban J connectivity index is 1.64. The Morgan fingerprint density at radius 3 is 2.52 bits per heavy atom. The summed E-state index contributed by atoms with van der Waals surface area (Å²) in [7, 11) is 1.66. The van der Waals surface area contributed by atoms with Gasteiger partial charge in [0.25, 0.3) is 0 Å². The van der Waals surface area contributed by atoms with Crippen LogP contribution in [0.2, 0.25) is 0 Å². The zero-order chi connectivity index (χ0) is 18.6. The lowest BCUT2D eigenvalue weighted by Gasteiger charge is -2.12. The number of nitrogens with zero attached hydrogens (tertiary/aromatic N) is 2. The molecule has 3 aromatic carbocycles. The molecule has 1 heterocycles. The maximum atomic E-state index is 5.96. The number of hydrogen-bond acceptors (Lipinski definition) is 3. The molecule has 0 spiro atoms. The van der Waals surface area contributed by atoms with Gasteiger partial charge in [0, 0.05) is 11.6 Å². The second kappa shape index (κ2) is 7.54. The van der Waals surface area contributed by atoms with E-state index in [0.29, 0.717) is 13.2 Å². The van der Waals surface area contributed by atoms with Crippen molar-refractivity contribution in [1.82, 2.24) is 9.55 Å². The second-order valence-electron chi connectivity index (χ2n) is 6.42. The fourth-order valence-electron chi connectivity index (χ4n) is 3.28. The molecule has 4 aromatic rings. The molecule has 27 heavy (non-hydrogen) atoms. The average Bonchev–Trinajstić information content (AvgIpc) is 3.07. The minimum Gasteiger partial charge on any atom is -0.497 e. The van der Waals surface area contributed by atoms with Crippen molar-refractivity contribution in [3.63, 3.8) is 0 Å². The van der Waals surface area contributed by atoms with Gasteiger partial charge in [-0.05, 0) is 36.8 Å². The molecule has 0 aliphatic carbocycles. The van der Waals surface area contributed by atoms with E-state index < -0.39 is 0 Å². The van der Waals surface area contributed by atoms with Gasteiger partial charge < -0.3 is 14.0 Å². The lowest BCUT2D eigenvalue weighted by atomic mass is 10.1. The number of fused-ring (bicyclic) bond motifs is 1. The van der Waals surface area contributed by atoms with E-state index in [9.17, 15) is 0 Å². The first kappa shape index (κ1) is 17.2. The molecular weight excluding hydrogens is 336 g/mol. The maximum Gasteiger partial charge on any atom is 0.141 e. The van der Waals surface area contributed by atoms with E-state index in [1.807, 2.05) is 36.4 Å². The topological polar surface area (TPSA) is 36.3 Å². The summed E-state index contributed by atoms with van der Waals surface area (Å²) in [5, 5.41) is 0. The van der Waals surface area contributed by atoms with Gasteiger partial charge in [-0.3, -0.25) is 0 Å². The number of imidazole rings is 1. The molecule has 0 saturated carbocycles. The quantitative estimate of drug-likeness (QED) is 0.481. The molecule has 0 bridgehead atoms. The van der Waals surface area contributed by atoms with Gasteiger partial charge in [-0.15, -0.1) is 0 Å². The predicted molar refractivity (Wildman–Crippen MR) is 108 cm³/mol. The fraction of sp³-hybridized carbons (Fsp3) is 0.174. The van der Waals surface area contributed by atoms with Crippen molar-refractivity contribution in [2.75, 3.05) is 13.7 Å². The monoisotopic (exact) mass is 358 g/mol. The van der Waals surface area contributed by atoms with E-state index in [1.54, 1.807) is 7.11 Å². The Hall–Kier alpha value is -3.27. The third-order valence-electron chi connectivity index (χ3n) is 4.67. The third kappa shape index (κ3) is 3.51. The number of aryl methyl sites for hydroxylation is 1. The van der Waals surface area contributed by atoms with Crippen molar-refractivity contribution in [2.24, 2.45) is 0 Å². The smallest absolute Gasteiger partial charge is 0.141 e. The van der Waals surface area contributed by atoms with Gasteiger partial charge in [0.2, 0.25) is 0 Å². The van der Waals surface area contributed by atoms with Gasteiger partial charge in [-0.1, -0.05) is 42.5 Å². The number of ether oxygens (including phenoxy) is 2. The summed E-state index contributed by atoms with van der Waals surface area (Å²) in [6.07, 6.45) is 0. The van der Waals surface area contributed by atoms with Gasteiger partial charge >= 0.3 is 0 Å². The van der Waals surface area contributed by atoms with Crippen LogP contribution in [0.4, 0.5) is 0 Å². The molecule has 1 aromatic heterocycles. The largest absolute Gasteiger partial charge is 0.497 e. The zero-order valence-corrected chi connectivity index (χ0v) is 15.6. The minimum absolute atomic E-state index is 0.548. The molecule has 0 N–H and O–H groups in total. The molecule has 0 radical (unpaired) electrons. The molecule has 4 nitrogen and oxygen atoms in total. The van der Waals surface area contributed by atoms with Gasteiger partial charge in [0.1, 0.15) is 23.9 Å². The molecule has 0 saturated heterocycles. The summed E-state index contributed by atoms with van der Waals surface area (Å²) < 4.78 is 13.5. The van der Waals surface area contributed by atoms with E-state index in [4.69, 9.17) is 14.5 Å². The van der Waals surface area contributed by atoms with Crippen LogP contribution in [0, 0.1) is 6.92 Å². The van der Waals surface area contributed by atoms with Crippen LogP contribution in [-0.2, 0) is 6.54 Å². The Bertz CT molecular complexity index is 1070. The van der Waals surface area contributed by atoms with E-state index in [0.717, 1.165) is 33.9 Å². The summed E-state index contributed by atoms with van der Waals surface area (Å²) in [5.74, 6) is 2.57. The van der Waals surface area contributed by atoms with Crippen molar-refractivity contribution in [2.45, 2.75) is 13.5 Å². The lowest BCUT2D eigenvalue weighted by molar-refractivity contribution is 0.298. The van der Waals surface area contributed by atoms with Crippen molar-refractivity contribution < 1.29 is 9.47 Å². The van der Waals surface area contributed by atoms with Gasteiger partial charge in [-0.25, -0.2) is 4.98 Å². The number of hydrogen-bond donors (Lipinski definition) is 0. The first-order valence-corrected chi connectivity index (χ1v) is 9.04. The molecule has 4 heteroatoms. The van der Waals surface area contributed by atoms with Crippen LogP contribution >= 0.6 is 0 Å². The maximum absolute atomic E-state index is 5.96. The average molecular weight is 358 g/mol. The predicted octanol–water partition coefficient (Wildman–Crippen LogP) is 5.10. The highest BCUT2D eigenvalue weighted by Crippen LogP contribution is 2.27. The highest BCUT2D eigenvalue weighted by molar-refractivity contribution is 5.81. The lowest BCUT2D eigenvalue weighted by Crippen LogP contribution is -2.10. The number of aromatic nitrogens is 2. The highest BCUT2D eigenvalue weighted by atomic mass is 16.5. The molecular formula is C23H22N2O2. The Morgan fingerprint density at radius 2 is 1.67 bits per heavy atom. The summed E-state index contributed by atoms with van der Waals surface area (Å²) in [6, 6.07) is 24.3. The molecule has 0 aliphatic rings. The molecule has 0 unspecified atom stereocenters. The van der Waals surface area contributed by atoms with E-state index >= 15 is 0 Å².